The van der Waals surface area contributed by atoms with E-state index in [0.29, 0.717) is 11.4 Å². The second-order valence-corrected chi connectivity index (χ2v) is 9.67. The zero-order chi connectivity index (χ0) is 23.1. The fourth-order valence-corrected chi connectivity index (χ4v) is 4.78. The predicted octanol–water partition coefficient (Wildman–Crippen LogP) is 4.82. The number of rotatable bonds is 9. The summed E-state index contributed by atoms with van der Waals surface area (Å²) in [7, 11) is -2.56. The zero-order valence-corrected chi connectivity index (χ0v) is 19.2. The summed E-state index contributed by atoms with van der Waals surface area (Å²) in [4.78, 5) is 12.2. The number of ether oxygens (including phenoxy) is 1. The Morgan fingerprint density at radius 3 is 2.50 bits per heavy atom. The molecule has 0 aliphatic carbocycles. The van der Waals surface area contributed by atoms with Gasteiger partial charge >= 0.3 is 0 Å². The monoisotopic (exact) mass is 474 g/mol. The summed E-state index contributed by atoms with van der Waals surface area (Å²) in [6.45, 7) is 2.02. The lowest BCUT2D eigenvalue weighted by atomic mass is 10.2. The lowest BCUT2D eigenvalue weighted by Crippen LogP contribution is -2.16. The van der Waals surface area contributed by atoms with Gasteiger partial charge in [0.2, 0.25) is 5.91 Å². The molecular formula is C23H23FN2O4S2. The molecule has 0 unspecified atom stereocenters. The van der Waals surface area contributed by atoms with Crippen molar-refractivity contribution in [3.8, 4) is 5.75 Å². The smallest absolute Gasteiger partial charge is 0.262 e. The first-order valence-corrected chi connectivity index (χ1v) is 12.3. The lowest BCUT2D eigenvalue weighted by molar-refractivity contribution is -0.113. The lowest BCUT2D eigenvalue weighted by Gasteiger charge is -2.14. The maximum Gasteiger partial charge on any atom is 0.262 e. The highest BCUT2D eigenvalue weighted by molar-refractivity contribution is 7.99. The van der Waals surface area contributed by atoms with Gasteiger partial charge in [0, 0.05) is 11.4 Å². The van der Waals surface area contributed by atoms with Crippen LogP contribution in [0.1, 0.15) is 11.1 Å². The molecule has 1 amide bonds. The minimum Gasteiger partial charge on any atom is -0.495 e. The van der Waals surface area contributed by atoms with E-state index in [0.717, 1.165) is 17.7 Å². The topological polar surface area (TPSA) is 84.5 Å². The van der Waals surface area contributed by atoms with Crippen LogP contribution in [0.5, 0.6) is 5.75 Å². The molecule has 0 fully saturated rings. The van der Waals surface area contributed by atoms with Crippen molar-refractivity contribution in [1.82, 2.24) is 0 Å². The first-order valence-electron chi connectivity index (χ1n) is 9.66. The van der Waals surface area contributed by atoms with Gasteiger partial charge in [-0.3, -0.25) is 9.52 Å². The number of thioether (sulfide) groups is 1. The van der Waals surface area contributed by atoms with Gasteiger partial charge in [-0.1, -0.05) is 29.8 Å². The molecule has 3 rings (SSSR count). The van der Waals surface area contributed by atoms with E-state index in [4.69, 9.17) is 4.74 Å². The second kappa shape index (κ2) is 10.5. The van der Waals surface area contributed by atoms with E-state index < -0.39 is 15.8 Å². The van der Waals surface area contributed by atoms with Crippen molar-refractivity contribution in [2.45, 2.75) is 17.6 Å². The second-order valence-electron chi connectivity index (χ2n) is 7.00. The molecule has 3 aromatic carbocycles. The zero-order valence-electron chi connectivity index (χ0n) is 17.6. The number of carbonyl (C=O) groups excluding carboxylic acids is 1. The molecule has 0 bridgehead atoms. The molecule has 0 radical (unpaired) electrons. The van der Waals surface area contributed by atoms with E-state index in [1.54, 1.807) is 12.1 Å². The molecule has 0 atom stereocenters. The molecule has 2 N–H and O–H groups in total. The Morgan fingerprint density at radius 2 is 1.81 bits per heavy atom. The number of benzene rings is 3. The average molecular weight is 475 g/mol. The summed E-state index contributed by atoms with van der Waals surface area (Å²) in [6.07, 6.45) is 0. The molecule has 168 valence electrons. The summed E-state index contributed by atoms with van der Waals surface area (Å²) in [6, 6.07) is 17.2. The van der Waals surface area contributed by atoms with E-state index in [1.807, 2.05) is 25.1 Å². The molecule has 32 heavy (non-hydrogen) atoms. The largest absolute Gasteiger partial charge is 0.495 e. The molecule has 0 saturated heterocycles. The SMILES string of the molecule is COc1ccc(NC(=O)CSCc2cccc(C)c2)cc1NS(=O)(=O)c1ccc(F)cc1. The van der Waals surface area contributed by atoms with Gasteiger partial charge in [0.25, 0.3) is 10.0 Å². The normalized spacial score (nSPS) is 11.1. The number of methoxy groups -OCH3 is 1. The van der Waals surface area contributed by atoms with E-state index in [9.17, 15) is 17.6 Å². The van der Waals surface area contributed by atoms with Crippen molar-refractivity contribution in [3.63, 3.8) is 0 Å². The van der Waals surface area contributed by atoms with Crippen LogP contribution >= 0.6 is 11.8 Å². The minimum atomic E-state index is -3.97. The number of halogens is 1. The van der Waals surface area contributed by atoms with Gasteiger partial charge in [-0.2, -0.15) is 0 Å². The molecular weight excluding hydrogens is 451 g/mol. The molecule has 0 aromatic heterocycles. The predicted molar refractivity (Wildman–Crippen MR) is 126 cm³/mol. The fourth-order valence-electron chi connectivity index (χ4n) is 2.94. The Balaban J connectivity index is 1.66. The Bertz CT molecular complexity index is 1200. The molecule has 0 aliphatic rings. The Kier molecular flexibility index (Phi) is 7.76. The Hall–Kier alpha value is -3.04. The molecule has 0 spiro atoms. The van der Waals surface area contributed by atoms with Crippen LogP contribution in [-0.2, 0) is 20.6 Å². The number of amides is 1. The Labute approximate surface area is 191 Å². The number of sulfonamides is 1. The van der Waals surface area contributed by atoms with Crippen molar-refractivity contribution in [3.05, 3.63) is 83.7 Å². The average Bonchev–Trinajstić information content (AvgIpc) is 2.74. The van der Waals surface area contributed by atoms with Crippen LogP contribution in [0, 0.1) is 12.7 Å². The van der Waals surface area contributed by atoms with E-state index >= 15 is 0 Å². The van der Waals surface area contributed by atoms with Crippen LogP contribution in [0.15, 0.2) is 71.6 Å². The fraction of sp³-hybridized carbons (Fsp3) is 0.174. The molecule has 6 nitrogen and oxygen atoms in total. The molecule has 3 aromatic rings. The van der Waals surface area contributed by atoms with Crippen LogP contribution in [0.3, 0.4) is 0 Å². The summed E-state index contributed by atoms with van der Waals surface area (Å²) in [5.41, 5.74) is 2.89. The third-order valence-corrected chi connectivity index (χ3v) is 6.82. The van der Waals surface area contributed by atoms with Gasteiger partial charge in [0.15, 0.2) is 0 Å². The molecule has 0 heterocycles. The van der Waals surface area contributed by atoms with Crippen LogP contribution in [-0.4, -0.2) is 27.2 Å². The van der Waals surface area contributed by atoms with Gasteiger partial charge in [0.05, 0.1) is 23.4 Å². The first-order chi connectivity index (χ1) is 15.3. The van der Waals surface area contributed by atoms with Gasteiger partial charge < -0.3 is 10.1 Å². The van der Waals surface area contributed by atoms with Crippen LogP contribution in [0.2, 0.25) is 0 Å². The van der Waals surface area contributed by atoms with Crippen molar-refractivity contribution in [1.29, 1.82) is 0 Å². The third kappa shape index (κ3) is 6.48. The molecule has 9 heteroatoms. The number of hydrogen-bond donors (Lipinski definition) is 2. The van der Waals surface area contributed by atoms with E-state index in [-0.39, 0.29) is 28.0 Å². The van der Waals surface area contributed by atoms with Gasteiger partial charge in [-0.05, 0) is 55.0 Å². The number of carbonyl (C=O) groups is 1. The summed E-state index contributed by atoms with van der Waals surface area (Å²) in [5, 5.41) is 2.76. The van der Waals surface area contributed by atoms with Crippen LogP contribution in [0.4, 0.5) is 15.8 Å². The summed E-state index contributed by atoms with van der Waals surface area (Å²) < 4.78 is 46.0. The van der Waals surface area contributed by atoms with Crippen molar-refractivity contribution in [2.24, 2.45) is 0 Å². The highest BCUT2D eigenvalue weighted by Crippen LogP contribution is 2.30. The van der Waals surface area contributed by atoms with Crippen LogP contribution < -0.4 is 14.8 Å². The summed E-state index contributed by atoms with van der Waals surface area (Å²) in [5.74, 6) is 0.492. The van der Waals surface area contributed by atoms with Crippen molar-refractivity contribution >= 4 is 39.1 Å². The van der Waals surface area contributed by atoms with Gasteiger partial charge in [0.1, 0.15) is 11.6 Å². The number of aryl methyl sites for hydroxylation is 1. The minimum absolute atomic E-state index is 0.0945. The maximum absolute atomic E-state index is 13.1. The number of hydrogen-bond acceptors (Lipinski definition) is 5. The van der Waals surface area contributed by atoms with Gasteiger partial charge in [-0.25, -0.2) is 12.8 Å². The maximum atomic E-state index is 13.1. The van der Waals surface area contributed by atoms with Crippen molar-refractivity contribution < 1.29 is 22.3 Å². The molecule has 0 aliphatic heterocycles. The quantitative estimate of drug-likeness (QED) is 0.465. The van der Waals surface area contributed by atoms with Crippen molar-refractivity contribution in [2.75, 3.05) is 22.9 Å². The first kappa shape index (κ1) is 23.6. The van der Waals surface area contributed by atoms with E-state index in [2.05, 4.69) is 16.1 Å². The van der Waals surface area contributed by atoms with E-state index in [1.165, 1.54) is 42.6 Å². The summed E-state index contributed by atoms with van der Waals surface area (Å²) >= 11 is 1.48. The van der Waals surface area contributed by atoms with Gasteiger partial charge in [-0.15, -0.1) is 11.8 Å². The highest BCUT2D eigenvalue weighted by atomic mass is 32.2. The molecule has 0 saturated carbocycles. The van der Waals surface area contributed by atoms with Crippen LogP contribution in [0.25, 0.3) is 0 Å². The standard InChI is InChI=1S/C23H23FN2O4S2/c1-16-4-3-5-17(12-16)14-31-15-23(27)25-19-8-11-22(30-2)21(13-19)26-32(28,29)20-9-6-18(24)7-10-20/h3-13,26H,14-15H2,1-2H3,(H,25,27). The third-order valence-electron chi connectivity index (χ3n) is 4.44. The highest BCUT2D eigenvalue weighted by Gasteiger charge is 2.17. The number of anilines is 2. The Morgan fingerprint density at radius 1 is 1.06 bits per heavy atom. The number of nitrogens with one attached hydrogen (secondary N) is 2.